The normalized spacial score (nSPS) is 10.7. The number of nitrogens with two attached hydrogens (primary N) is 1. The lowest BCUT2D eigenvalue weighted by Gasteiger charge is -2.31. The maximum Gasteiger partial charge on any atom is 0.273 e. The number of nitrogens with zero attached hydrogens (tertiary/aromatic N) is 1. The average Bonchev–Trinajstić information content (AvgIpc) is 2.51. The molecule has 0 atom stereocenters. The molecule has 0 spiro atoms. The van der Waals surface area contributed by atoms with Crippen LogP contribution in [0, 0.1) is 10.1 Å². The quantitative estimate of drug-likeness (QED) is 0.593. The molecular weight excluding hydrogens is 306 g/mol. The standard InChI is InChI=1S/C15H23N3O3.ClH/c1-4-11-7-8-12(9-13(11)18(20)21)14(19)17-15(5-2,6-3)10-16;/h7-9H,4-6,10,16H2,1-3H3,(H,17,19);1H. The maximum absolute atomic E-state index is 12.3. The Morgan fingerprint density at radius 1 is 1.32 bits per heavy atom. The number of benzene rings is 1. The van der Waals surface area contributed by atoms with Crippen LogP contribution >= 0.6 is 12.4 Å². The SMILES string of the molecule is CCc1ccc(C(=O)NC(CC)(CC)CN)cc1[N+](=O)[O-].Cl. The largest absolute Gasteiger partial charge is 0.345 e. The van der Waals surface area contributed by atoms with Gasteiger partial charge in [-0.15, -0.1) is 12.4 Å². The molecule has 1 amide bonds. The molecule has 0 radical (unpaired) electrons. The number of nitro benzene ring substituents is 1. The molecule has 0 aliphatic rings. The molecule has 0 heterocycles. The van der Waals surface area contributed by atoms with Gasteiger partial charge in [0.15, 0.2) is 0 Å². The molecule has 0 unspecified atom stereocenters. The van der Waals surface area contributed by atoms with Crippen molar-refractivity contribution in [3.8, 4) is 0 Å². The highest BCUT2D eigenvalue weighted by molar-refractivity contribution is 5.95. The molecule has 124 valence electrons. The van der Waals surface area contributed by atoms with Gasteiger partial charge in [-0.05, 0) is 25.3 Å². The third-order valence-electron chi connectivity index (χ3n) is 4.05. The fourth-order valence-corrected chi connectivity index (χ4v) is 2.25. The Balaban J connectivity index is 0.00000441. The monoisotopic (exact) mass is 329 g/mol. The Labute approximate surface area is 137 Å². The molecule has 1 aromatic carbocycles. The van der Waals surface area contributed by atoms with Gasteiger partial charge in [0.25, 0.3) is 11.6 Å². The predicted molar refractivity (Wildman–Crippen MR) is 89.6 cm³/mol. The molecule has 1 aromatic rings. The van der Waals surface area contributed by atoms with Crippen LogP contribution in [0.25, 0.3) is 0 Å². The van der Waals surface area contributed by atoms with E-state index in [1.807, 2.05) is 20.8 Å². The van der Waals surface area contributed by atoms with Crippen LogP contribution in [-0.4, -0.2) is 22.9 Å². The third kappa shape index (κ3) is 4.42. The lowest BCUT2D eigenvalue weighted by molar-refractivity contribution is -0.385. The Morgan fingerprint density at radius 2 is 1.91 bits per heavy atom. The highest BCUT2D eigenvalue weighted by atomic mass is 35.5. The van der Waals surface area contributed by atoms with Crippen molar-refractivity contribution in [1.82, 2.24) is 5.32 Å². The number of aryl methyl sites for hydroxylation is 1. The first kappa shape index (κ1) is 20.3. The highest BCUT2D eigenvalue weighted by Gasteiger charge is 2.27. The van der Waals surface area contributed by atoms with Crippen molar-refractivity contribution < 1.29 is 9.72 Å². The first-order valence-electron chi connectivity index (χ1n) is 7.22. The van der Waals surface area contributed by atoms with Gasteiger partial charge in [0.2, 0.25) is 0 Å². The Hall–Kier alpha value is -1.66. The lowest BCUT2D eigenvalue weighted by atomic mass is 9.92. The molecule has 0 saturated carbocycles. The summed E-state index contributed by atoms with van der Waals surface area (Å²) in [4.78, 5) is 22.9. The average molecular weight is 330 g/mol. The number of nitrogens with one attached hydrogen (secondary N) is 1. The van der Waals surface area contributed by atoms with Crippen LogP contribution in [0.5, 0.6) is 0 Å². The van der Waals surface area contributed by atoms with E-state index >= 15 is 0 Å². The van der Waals surface area contributed by atoms with Gasteiger partial charge in [0, 0.05) is 23.7 Å². The zero-order chi connectivity index (χ0) is 16.0. The molecular formula is C15H24ClN3O3. The molecule has 7 heteroatoms. The Morgan fingerprint density at radius 3 is 2.32 bits per heavy atom. The summed E-state index contributed by atoms with van der Waals surface area (Å²) in [6, 6.07) is 4.59. The smallest absolute Gasteiger partial charge is 0.273 e. The van der Waals surface area contributed by atoms with E-state index < -0.39 is 10.5 Å². The van der Waals surface area contributed by atoms with E-state index in [2.05, 4.69) is 5.32 Å². The van der Waals surface area contributed by atoms with Crippen molar-refractivity contribution >= 4 is 24.0 Å². The Bertz CT molecular complexity index is 522. The number of hydrogen-bond donors (Lipinski definition) is 2. The molecule has 1 rings (SSSR count). The molecule has 0 fully saturated rings. The predicted octanol–water partition coefficient (Wildman–Crippen LogP) is 2.83. The fourth-order valence-electron chi connectivity index (χ4n) is 2.25. The third-order valence-corrected chi connectivity index (χ3v) is 4.05. The molecule has 0 bridgehead atoms. The van der Waals surface area contributed by atoms with E-state index in [0.717, 1.165) is 0 Å². The van der Waals surface area contributed by atoms with Crippen LogP contribution in [0.3, 0.4) is 0 Å². The molecule has 22 heavy (non-hydrogen) atoms. The van der Waals surface area contributed by atoms with Crippen LogP contribution in [0.1, 0.15) is 49.5 Å². The second kappa shape index (κ2) is 8.70. The summed E-state index contributed by atoms with van der Waals surface area (Å²) in [6.07, 6.45) is 1.97. The summed E-state index contributed by atoms with van der Waals surface area (Å²) >= 11 is 0. The second-order valence-electron chi connectivity index (χ2n) is 5.10. The number of hydrogen-bond acceptors (Lipinski definition) is 4. The van der Waals surface area contributed by atoms with Gasteiger partial charge in [0.05, 0.1) is 10.5 Å². The highest BCUT2D eigenvalue weighted by Crippen LogP contribution is 2.22. The molecule has 0 aliphatic carbocycles. The number of amides is 1. The van der Waals surface area contributed by atoms with Crippen molar-refractivity contribution in [2.24, 2.45) is 5.73 Å². The van der Waals surface area contributed by atoms with Crippen LogP contribution in [0.4, 0.5) is 5.69 Å². The van der Waals surface area contributed by atoms with E-state index in [1.54, 1.807) is 12.1 Å². The van der Waals surface area contributed by atoms with Crippen LogP contribution in [0.15, 0.2) is 18.2 Å². The van der Waals surface area contributed by atoms with Crippen molar-refractivity contribution in [3.63, 3.8) is 0 Å². The van der Waals surface area contributed by atoms with E-state index in [1.165, 1.54) is 6.07 Å². The minimum Gasteiger partial charge on any atom is -0.345 e. The van der Waals surface area contributed by atoms with E-state index in [0.29, 0.717) is 36.9 Å². The first-order valence-corrected chi connectivity index (χ1v) is 7.22. The number of carbonyl (C=O) groups is 1. The van der Waals surface area contributed by atoms with Gasteiger partial charge in [-0.25, -0.2) is 0 Å². The molecule has 6 nitrogen and oxygen atoms in total. The van der Waals surface area contributed by atoms with Gasteiger partial charge >= 0.3 is 0 Å². The summed E-state index contributed by atoms with van der Waals surface area (Å²) in [5.41, 5.74) is 6.18. The van der Waals surface area contributed by atoms with Gasteiger partial charge in [-0.2, -0.15) is 0 Å². The summed E-state index contributed by atoms with van der Waals surface area (Å²) < 4.78 is 0. The van der Waals surface area contributed by atoms with Crippen molar-refractivity contribution in [2.45, 2.75) is 45.6 Å². The van der Waals surface area contributed by atoms with E-state index in [9.17, 15) is 14.9 Å². The van der Waals surface area contributed by atoms with Gasteiger partial charge in [-0.3, -0.25) is 14.9 Å². The van der Waals surface area contributed by atoms with Gasteiger partial charge in [-0.1, -0.05) is 26.8 Å². The summed E-state index contributed by atoms with van der Waals surface area (Å²) in [7, 11) is 0. The van der Waals surface area contributed by atoms with Crippen molar-refractivity contribution in [1.29, 1.82) is 0 Å². The zero-order valence-corrected chi connectivity index (χ0v) is 14.0. The lowest BCUT2D eigenvalue weighted by Crippen LogP contribution is -2.52. The topological polar surface area (TPSA) is 98.3 Å². The van der Waals surface area contributed by atoms with E-state index in [-0.39, 0.29) is 24.0 Å². The summed E-state index contributed by atoms with van der Waals surface area (Å²) in [6.45, 7) is 6.09. The number of rotatable bonds is 7. The molecule has 0 saturated heterocycles. The number of nitro groups is 1. The fraction of sp³-hybridized carbons (Fsp3) is 0.533. The first-order chi connectivity index (χ1) is 9.92. The summed E-state index contributed by atoms with van der Waals surface area (Å²) in [5, 5.41) is 14.0. The van der Waals surface area contributed by atoms with Crippen LogP contribution < -0.4 is 11.1 Å². The number of carbonyl (C=O) groups excluding carboxylic acids is 1. The van der Waals surface area contributed by atoms with Crippen molar-refractivity contribution in [2.75, 3.05) is 6.54 Å². The second-order valence-corrected chi connectivity index (χ2v) is 5.10. The maximum atomic E-state index is 12.3. The minimum atomic E-state index is -0.463. The van der Waals surface area contributed by atoms with Gasteiger partial charge < -0.3 is 11.1 Å². The van der Waals surface area contributed by atoms with Gasteiger partial charge in [0.1, 0.15) is 0 Å². The molecule has 0 aromatic heterocycles. The van der Waals surface area contributed by atoms with E-state index in [4.69, 9.17) is 5.73 Å². The summed E-state index contributed by atoms with van der Waals surface area (Å²) in [5.74, 6) is -0.324. The number of halogens is 1. The van der Waals surface area contributed by atoms with Crippen LogP contribution in [-0.2, 0) is 6.42 Å². The molecule has 0 aliphatic heterocycles. The minimum absolute atomic E-state index is 0. The van der Waals surface area contributed by atoms with Crippen LogP contribution in [0.2, 0.25) is 0 Å². The molecule has 3 N–H and O–H groups in total. The van der Waals surface area contributed by atoms with Crippen molar-refractivity contribution in [3.05, 3.63) is 39.4 Å². The Kier molecular flexibility index (Phi) is 8.05. The zero-order valence-electron chi connectivity index (χ0n) is 13.2.